The number of nitriles is 1. The van der Waals surface area contributed by atoms with Crippen molar-refractivity contribution < 1.29 is 36.3 Å². The number of alkyl halides is 5. The largest absolute Gasteiger partial charge is 0.573 e. The van der Waals surface area contributed by atoms with Crippen molar-refractivity contribution in [2.24, 2.45) is 0 Å². The molecule has 1 aromatic heterocycles. The monoisotopic (exact) mass is 494 g/mol. The second kappa shape index (κ2) is 10.5. The summed E-state index contributed by atoms with van der Waals surface area (Å²) in [5.41, 5.74) is 1.04. The van der Waals surface area contributed by atoms with Crippen molar-refractivity contribution in [3.05, 3.63) is 59.4 Å². The van der Waals surface area contributed by atoms with Gasteiger partial charge in [-0.1, -0.05) is 24.3 Å². The first-order chi connectivity index (χ1) is 16.5. The molecule has 1 saturated heterocycles. The van der Waals surface area contributed by atoms with Gasteiger partial charge in [-0.2, -0.15) is 5.26 Å². The number of benzene rings is 1. The summed E-state index contributed by atoms with van der Waals surface area (Å²) in [6, 6.07) is 6.87. The minimum absolute atomic E-state index is 0.156. The van der Waals surface area contributed by atoms with Crippen LogP contribution in [0.4, 0.5) is 22.0 Å². The lowest BCUT2D eigenvalue weighted by Gasteiger charge is -2.35. The Kier molecular flexibility index (Phi) is 7.68. The number of pyridine rings is 1. The van der Waals surface area contributed by atoms with E-state index in [-0.39, 0.29) is 17.9 Å². The van der Waals surface area contributed by atoms with E-state index in [4.69, 9.17) is 5.26 Å². The lowest BCUT2D eigenvalue weighted by atomic mass is 9.99. The molecule has 1 aliphatic heterocycles. The first-order valence-electron chi connectivity index (χ1n) is 10.3. The van der Waals surface area contributed by atoms with Crippen LogP contribution in [0.5, 0.6) is 5.75 Å². The fraction of sp³-hybridized carbons (Fsp3) is 0.304. The molecule has 1 aliphatic rings. The summed E-state index contributed by atoms with van der Waals surface area (Å²) < 4.78 is 67.6. The van der Waals surface area contributed by atoms with Crippen LogP contribution in [0.2, 0.25) is 0 Å². The van der Waals surface area contributed by atoms with Gasteiger partial charge in [-0.3, -0.25) is 14.6 Å². The Bertz CT molecular complexity index is 1140. The zero-order chi connectivity index (χ0) is 25.6. The molecule has 1 unspecified atom stereocenters. The van der Waals surface area contributed by atoms with Crippen LogP contribution in [0.15, 0.2) is 42.7 Å². The van der Waals surface area contributed by atoms with Crippen LogP contribution in [0.25, 0.3) is 12.2 Å². The maximum atomic E-state index is 13.5. The number of rotatable bonds is 6. The fourth-order valence-electron chi connectivity index (χ4n) is 3.41. The third kappa shape index (κ3) is 7.23. The Labute approximate surface area is 196 Å². The number of hydrogen-bond acceptors (Lipinski definition) is 5. The van der Waals surface area contributed by atoms with Crippen molar-refractivity contribution in [1.82, 2.24) is 15.2 Å². The molecule has 12 heteroatoms. The smallest absolute Gasteiger partial charge is 0.406 e. The van der Waals surface area contributed by atoms with E-state index in [9.17, 15) is 31.5 Å². The van der Waals surface area contributed by atoms with Gasteiger partial charge in [0.1, 0.15) is 11.8 Å². The number of aromatic nitrogens is 1. The molecule has 184 valence electrons. The number of nitrogens with one attached hydrogen (secondary N) is 1. The second-order valence-corrected chi connectivity index (χ2v) is 7.64. The van der Waals surface area contributed by atoms with Crippen molar-refractivity contribution in [1.29, 1.82) is 5.26 Å². The lowest BCUT2D eigenvalue weighted by Crippen LogP contribution is -2.51. The molecule has 2 amide bonds. The highest BCUT2D eigenvalue weighted by Gasteiger charge is 2.42. The van der Waals surface area contributed by atoms with Gasteiger partial charge >= 0.3 is 6.36 Å². The van der Waals surface area contributed by atoms with E-state index < -0.39 is 49.5 Å². The molecule has 0 spiro atoms. The minimum Gasteiger partial charge on any atom is -0.406 e. The molecular formula is C23H19F5N4O3. The molecule has 0 saturated carbocycles. The van der Waals surface area contributed by atoms with Gasteiger partial charge in [0.05, 0.1) is 12.6 Å². The number of halogens is 5. The van der Waals surface area contributed by atoms with Gasteiger partial charge in [0.25, 0.3) is 11.8 Å². The fourth-order valence-corrected chi connectivity index (χ4v) is 3.41. The highest BCUT2D eigenvalue weighted by molar-refractivity contribution is 6.00. The van der Waals surface area contributed by atoms with Crippen molar-refractivity contribution in [3.63, 3.8) is 0 Å². The topological polar surface area (TPSA) is 95.3 Å². The summed E-state index contributed by atoms with van der Waals surface area (Å²) in [5, 5.41) is 11.5. The van der Waals surface area contributed by atoms with Crippen LogP contribution in [-0.4, -0.2) is 53.1 Å². The molecule has 35 heavy (non-hydrogen) atoms. The predicted molar refractivity (Wildman–Crippen MR) is 114 cm³/mol. The van der Waals surface area contributed by atoms with Gasteiger partial charge in [0, 0.05) is 42.9 Å². The van der Waals surface area contributed by atoms with Gasteiger partial charge in [0.2, 0.25) is 5.91 Å². The maximum Gasteiger partial charge on any atom is 0.573 e. The molecule has 7 nitrogen and oxygen atoms in total. The van der Waals surface area contributed by atoms with E-state index in [1.165, 1.54) is 36.7 Å². The highest BCUT2D eigenvalue weighted by Crippen LogP contribution is 2.31. The Morgan fingerprint density at radius 1 is 1.23 bits per heavy atom. The third-order valence-electron chi connectivity index (χ3n) is 5.12. The number of carbonyl (C=O) groups excluding carboxylic acids is 2. The predicted octanol–water partition coefficient (Wildman–Crippen LogP) is 4.03. The molecule has 0 aliphatic carbocycles. The van der Waals surface area contributed by atoms with Crippen molar-refractivity contribution in [2.75, 3.05) is 13.1 Å². The molecule has 2 heterocycles. The molecule has 1 atom stereocenters. The summed E-state index contributed by atoms with van der Waals surface area (Å²) in [5.74, 6) is -4.70. The van der Waals surface area contributed by atoms with Crippen LogP contribution in [0, 0.1) is 11.3 Å². The summed E-state index contributed by atoms with van der Waals surface area (Å²) >= 11 is 0. The Morgan fingerprint density at radius 2 is 1.94 bits per heavy atom. The van der Waals surface area contributed by atoms with Crippen LogP contribution in [0.1, 0.15) is 34.3 Å². The van der Waals surface area contributed by atoms with Crippen molar-refractivity contribution in [3.8, 4) is 11.8 Å². The number of nitrogens with zero attached hydrogens (tertiary/aromatic N) is 3. The number of likely N-dealkylation sites (tertiary alicyclic amines) is 1. The Hall–Kier alpha value is -4.01. The van der Waals surface area contributed by atoms with Crippen LogP contribution < -0.4 is 10.1 Å². The number of ether oxygens (including phenoxy) is 1. The van der Waals surface area contributed by atoms with Gasteiger partial charge in [-0.25, -0.2) is 8.78 Å². The van der Waals surface area contributed by atoms with E-state index in [0.29, 0.717) is 11.1 Å². The summed E-state index contributed by atoms with van der Waals surface area (Å²) in [4.78, 5) is 30.0. The molecule has 1 aromatic carbocycles. The molecular weight excluding hydrogens is 475 g/mol. The van der Waals surface area contributed by atoms with Crippen molar-refractivity contribution in [2.45, 2.75) is 31.2 Å². The number of carbonyl (C=O) groups is 2. The Balaban J connectivity index is 1.64. The molecule has 3 rings (SSSR count). The Morgan fingerprint density at radius 3 is 2.60 bits per heavy atom. The number of hydrogen-bond donors (Lipinski definition) is 1. The maximum absolute atomic E-state index is 13.5. The summed E-state index contributed by atoms with van der Waals surface area (Å²) in [6.45, 7) is -0.787. The van der Waals surface area contributed by atoms with Gasteiger partial charge < -0.3 is 15.0 Å². The third-order valence-corrected chi connectivity index (χ3v) is 5.12. The van der Waals surface area contributed by atoms with E-state index in [1.54, 1.807) is 12.1 Å². The van der Waals surface area contributed by atoms with E-state index in [0.717, 1.165) is 17.0 Å². The minimum atomic E-state index is -4.80. The summed E-state index contributed by atoms with van der Waals surface area (Å²) in [7, 11) is 0. The molecule has 0 bridgehead atoms. The van der Waals surface area contributed by atoms with Crippen LogP contribution >= 0.6 is 0 Å². The SMILES string of the molecule is N#CC1CC(F)(F)CCN1C(=O)CNC(=O)c1ccncc1/C=C/c1ccc(OC(F)(F)F)cc1. The zero-order valence-electron chi connectivity index (χ0n) is 18.1. The molecule has 2 aromatic rings. The standard InChI is InChI=1S/C23H19F5N4O3/c24-22(25)8-10-32(17(11-22)12-29)20(33)14-31-21(34)19-7-9-30-13-16(19)4-1-15-2-5-18(6-3-15)35-23(26,27)28/h1-7,9,13,17H,8,10-11,14H2,(H,31,34)/b4-1+. The lowest BCUT2D eigenvalue weighted by molar-refractivity contribution is -0.274. The average molecular weight is 494 g/mol. The molecule has 1 N–H and O–H groups in total. The van der Waals surface area contributed by atoms with Crippen LogP contribution in [-0.2, 0) is 4.79 Å². The number of piperidine rings is 1. The first kappa shape index (κ1) is 25.6. The molecule has 1 fully saturated rings. The van der Waals surface area contributed by atoms with E-state index in [2.05, 4.69) is 15.0 Å². The first-order valence-corrected chi connectivity index (χ1v) is 10.3. The highest BCUT2D eigenvalue weighted by atomic mass is 19.4. The second-order valence-electron chi connectivity index (χ2n) is 7.64. The van der Waals surface area contributed by atoms with Gasteiger partial charge in [-0.15, -0.1) is 13.2 Å². The zero-order valence-corrected chi connectivity index (χ0v) is 18.1. The van der Waals surface area contributed by atoms with E-state index in [1.807, 2.05) is 0 Å². The summed E-state index contributed by atoms with van der Waals surface area (Å²) in [6.07, 6.45) is -0.323. The average Bonchev–Trinajstić information content (AvgIpc) is 2.80. The number of amides is 2. The quantitative estimate of drug-likeness (QED) is 0.612. The van der Waals surface area contributed by atoms with Crippen molar-refractivity contribution >= 4 is 24.0 Å². The van der Waals surface area contributed by atoms with Crippen LogP contribution in [0.3, 0.4) is 0 Å². The van der Waals surface area contributed by atoms with Gasteiger partial charge in [0.15, 0.2) is 0 Å². The normalized spacial score (nSPS) is 17.6. The van der Waals surface area contributed by atoms with Gasteiger partial charge in [-0.05, 0) is 23.8 Å². The van der Waals surface area contributed by atoms with E-state index >= 15 is 0 Å². The molecule has 0 radical (unpaired) electrons.